The molecule has 0 aliphatic rings. The molecule has 0 spiro atoms. The van der Waals surface area contributed by atoms with E-state index in [0.29, 0.717) is 6.54 Å². The van der Waals surface area contributed by atoms with E-state index in [1.807, 2.05) is 0 Å². The number of hydrogen-bond donors (Lipinski definition) is 2. The Morgan fingerprint density at radius 1 is 1.60 bits per heavy atom. The van der Waals surface area contributed by atoms with Crippen molar-refractivity contribution in [1.29, 1.82) is 0 Å². The van der Waals surface area contributed by atoms with Gasteiger partial charge in [0.05, 0.1) is 0 Å². The third-order valence-electron chi connectivity index (χ3n) is 0.916. The van der Waals surface area contributed by atoms with Crippen LogP contribution in [-0.4, -0.2) is 41.5 Å². The maximum Gasteiger partial charge on any atom is 0.164 e. The molecule has 2 N–H and O–H groups in total. The first-order valence-electron chi connectivity index (χ1n) is 2.82. The van der Waals surface area contributed by atoms with Crippen LogP contribution in [0, 0.1) is 0 Å². The number of rotatable bonds is 4. The van der Waals surface area contributed by atoms with Crippen LogP contribution in [0.4, 0.5) is 0 Å². The number of aliphatic hydroxyl groups excluding tert-OH is 1. The summed E-state index contributed by atoms with van der Waals surface area (Å²) in [5.41, 5.74) is 0. The molecule has 0 rings (SSSR count). The van der Waals surface area contributed by atoms with Crippen molar-refractivity contribution >= 4 is 12.4 Å². The average Bonchev–Trinajstić information content (AvgIpc) is 1.63. The lowest BCUT2D eigenvalue weighted by Gasteiger charge is -2.14. The molecule has 3 nitrogen and oxygen atoms in total. The van der Waals surface area contributed by atoms with Gasteiger partial charge in [-0.1, -0.05) is 6.08 Å². The van der Waals surface area contributed by atoms with Crippen molar-refractivity contribution in [2.75, 3.05) is 20.1 Å². The van der Waals surface area contributed by atoms with Crippen LogP contribution < -0.4 is 0 Å². The van der Waals surface area contributed by atoms with Crippen LogP contribution in [0.2, 0.25) is 0 Å². The molecular weight excluding hydrogens is 154 g/mol. The molecule has 0 radical (unpaired) electrons. The van der Waals surface area contributed by atoms with Gasteiger partial charge in [-0.3, -0.25) is 4.90 Å². The van der Waals surface area contributed by atoms with Gasteiger partial charge in [0.1, 0.15) is 0 Å². The van der Waals surface area contributed by atoms with Crippen LogP contribution in [0.1, 0.15) is 0 Å². The summed E-state index contributed by atoms with van der Waals surface area (Å²) < 4.78 is 0. The Morgan fingerprint density at radius 2 is 2.10 bits per heavy atom. The molecule has 0 amide bonds. The van der Waals surface area contributed by atoms with Crippen LogP contribution >= 0.6 is 12.4 Å². The predicted octanol–water partition coefficient (Wildman–Crippen LogP) is -0.163. The zero-order valence-corrected chi connectivity index (χ0v) is 6.84. The second kappa shape index (κ2) is 7.02. The maximum absolute atomic E-state index is 8.43. The Balaban J connectivity index is 0. The van der Waals surface area contributed by atoms with Crippen LogP contribution in [0.15, 0.2) is 12.7 Å². The molecule has 0 aliphatic heterocycles. The summed E-state index contributed by atoms with van der Waals surface area (Å²) in [5, 5.41) is 16.9. The van der Waals surface area contributed by atoms with Gasteiger partial charge in [-0.2, -0.15) is 0 Å². The Hall–Kier alpha value is -0.0900. The summed E-state index contributed by atoms with van der Waals surface area (Å²) in [7, 11) is 1.79. The molecule has 0 heterocycles. The van der Waals surface area contributed by atoms with E-state index in [9.17, 15) is 0 Å². The highest BCUT2D eigenvalue weighted by molar-refractivity contribution is 5.85. The third-order valence-corrected chi connectivity index (χ3v) is 0.916. The first kappa shape index (κ1) is 12.6. The molecule has 0 saturated carbocycles. The lowest BCUT2D eigenvalue weighted by atomic mass is 10.5. The fourth-order valence-corrected chi connectivity index (χ4v) is 0.574. The predicted molar refractivity (Wildman–Crippen MR) is 43.2 cm³/mol. The Kier molecular flexibility index (Phi) is 8.83. The van der Waals surface area contributed by atoms with Gasteiger partial charge in [-0.15, -0.1) is 19.0 Å². The topological polar surface area (TPSA) is 43.7 Å². The highest BCUT2D eigenvalue weighted by Crippen LogP contribution is 1.84. The molecule has 4 heteroatoms. The molecule has 0 unspecified atom stereocenters. The van der Waals surface area contributed by atoms with Gasteiger partial charge in [0.25, 0.3) is 0 Å². The molecule has 0 saturated heterocycles. The largest absolute Gasteiger partial charge is 0.367 e. The standard InChI is InChI=1S/C6H13NO2.ClH/c1-3-4-7(2)5-6(8)9;/h3,6,8-9H,1,4-5H2,2H3;1H. The normalized spacial score (nSPS) is 9.70. The minimum absolute atomic E-state index is 0. The van der Waals surface area contributed by atoms with Gasteiger partial charge in [0, 0.05) is 13.1 Å². The first-order valence-corrected chi connectivity index (χ1v) is 2.82. The number of halogens is 1. The third kappa shape index (κ3) is 7.91. The van der Waals surface area contributed by atoms with E-state index in [2.05, 4.69) is 6.58 Å². The van der Waals surface area contributed by atoms with Crippen LogP contribution in [0.3, 0.4) is 0 Å². The van der Waals surface area contributed by atoms with Gasteiger partial charge in [0.15, 0.2) is 6.29 Å². The van der Waals surface area contributed by atoms with Gasteiger partial charge < -0.3 is 10.2 Å². The lowest BCUT2D eigenvalue weighted by molar-refractivity contribution is -0.0557. The SMILES string of the molecule is C=CCN(C)CC(O)O.Cl. The Labute approximate surface area is 67.4 Å². The minimum Gasteiger partial charge on any atom is -0.367 e. The molecule has 0 aliphatic carbocycles. The van der Waals surface area contributed by atoms with E-state index < -0.39 is 6.29 Å². The van der Waals surface area contributed by atoms with Crippen LogP contribution in [0.5, 0.6) is 0 Å². The van der Waals surface area contributed by atoms with Crippen LogP contribution in [0.25, 0.3) is 0 Å². The number of hydrogen-bond acceptors (Lipinski definition) is 3. The molecule has 62 valence electrons. The second-order valence-corrected chi connectivity index (χ2v) is 1.99. The highest BCUT2D eigenvalue weighted by Gasteiger charge is 1.99. The smallest absolute Gasteiger partial charge is 0.164 e. The van der Waals surface area contributed by atoms with Crippen molar-refractivity contribution in [2.24, 2.45) is 0 Å². The molecular formula is C6H14ClNO2. The summed E-state index contributed by atoms with van der Waals surface area (Å²) in [6.45, 7) is 4.45. The summed E-state index contributed by atoms with van der Waals surface area (Å²) in [6, 6.07) is 0. The van der Waals surface area contributed by atoms with Crippen molar-refractivity contribution < 1.29 is 10.2 Å². The van der Waals surface area contributed by atoms with Crippen LogP contribution in [-0.2, 0) is 0 Å². The van der Waals surface area contributed by atoms with Crippen molar-refractivity contribution in [3.8, 4) is 0 Å². The quantitative estimate of drug-likeness (QED) is 0.452. The summed E-state index contributed by atoms with van der Waals surface area (Å²) in [4.78, 5) is 1.76. The minimum atomic E-state index is -1.24. The van der Waals surface area contributed by atoms with Crippen molar-refractivity contribution in [2.45, 2.75) is 6.29 Å². The average molecular weight is 168 g/mol. The summed E-state index contributed by atoms with van der Waals surface area (Å²) in [5.74, 6) is 0. The molecule has 10 heavy (non-hydrogen) atoms. The van der Waals surface area contributed by atoms with Crippen molar-refractivity contribution in [1.82, 2.24) is 4.90 Å². The highest BCUT2D eigenvalue weighted by atomic mass is 35.5. The molecule has 0 aromatic heterocycles. The molecule has 0 atom stereocenters. The van der Waals surface area contributed by atoms with E-state index in [1.54, 1.807) is 18.0 Å². The maximum atomic E-state index is 8.43. The van der Waals surface area contributed by atoms with E-state index in [1.165, 1.54) is 0 Å². The zero-order chi connectivity index (χ0) is 7.28. The van der Waals surface area contributed by atoms with Crippen molar-refractivity contribution in [3.05, 3.63) is 12.7 Å². The van der Waals surface area contributed by atoms with Gasteiger partial charge in [-0.05, 0) is 7.05 Å². The van der Waals surface area contributed by atoms with E-state index in [4.69, 9.17) is 10.2 Å². The van der Waals surface area contributed by atoms with Crippen molar-refractivity contribution in [3.63, 3.8) is 0 Å². The summed E-state index contributed by atoms with van der Waals surface area (Å²) in [6.07, 6.45) is 0.470. The van der Waals surface area contributed by atoms with Gasteiger partial charge in [0.2, 0.25) is 0 Å². The summed E-state index contributed by atoms with van der Waals surface area (Å²) >= 11 is 0. The van der Waals surface area contributed by atoms with Gasteiger partial charge in [-0.25, -0.2) is 0 Å². The molecule has 0 aromatic carbocycles. The van der Waals surface area contributed by atoms with Gasteiger partial charge >= 0.3 is 0 Å². The fourth-order valence-electron chi connectivity index (χ4n) is 0.574. The number of aliphatic hydroxyl groups is 2. The van der Waals surface area contributed by atoms with E-state index >= 15 is 0 Å². The zero-order valence-electron chi connectivity index (χ0n) is 6.03. The lowest BCUT2D eigenvalue weighted by Crippen LogP contribution is -2.28. The molecule has 0 bridgehead atoms. The Bertz CT molecular complexity index is 87.8. The molecule has 0 aromatic rings. The molecule has 0 fully saturated rings. The Morgan fingerprint density at radius 3 is 2.40 bits per heavy atom. The fraction of sp³-hybridized carbons (Fsp3) is 0.667. The first-order chi connectivity index (χ1) is 4.16. The van der Waals surface area contributed by atoms with E-state index in [-0.39, 0.29) is 19.0 Å². The number of likely N-dealkylation sites (N-methyl/N-ethyl adjacent to an activating group) is 1. The second-order valence-electron chi connectivity index (χ2n) is 1.99. The number of nitrogens with zero attached hydrogens (tertiary/aromatic N) is 1. The van der Waals surface area contributed by atoms with E-state index in [0.717, 1.165) is 0 Å². The monoisotopic (exact) mass is 167 g/mol.